The largest absolute Gasteiger partial charge is 0.312 e. The van der Waals surface area contributed by atoms with Gasteiger partial charge in [-0.05, 0) is 61.1 Å². The van der Waals surface area contributed by atoms with E-state index in [-0.39, 0.29) is 23.3 Å². The second-order valence-electron chi connectivity index (χ2n) is 7.06. The van der Waals surface area contributed by atoms with Crippen molar-refractivity contribution < 1.29 is 13.2 Å². The monoisotopic (exact) mass is 370 g/mol. The van der Waals surface area contributed by atoms with Crippen molar-refractivity contribution >= 4 is 21.6 Å². The van der Waals surface area contributed by atoms with Crippen LogP contribution in [0.4, 0.5) is 5.69 Å². The Bertz CT molecular complexity index is 965. The van der Waals surface area contributed by atoms with Gasteiger partial charge in [0.15, 0.2) is 0 Å². The number of benzene rings is 2. The molecule has 0 unspecified atom stereocenters. The number of nitrogens with one attached hydrogen (secondary N) is 1. The van der Waals surface area contributed by atoms with Crippen LogP contribution in [-0.2, 0) is 27.8 Å². The SMILES string of the molecule is Cc1ccccc1CNS(=O)(=O)c1ccc2c(c1)CCN2C(=O)C1CC1. The Hall–Kier alpha value is -2.18. The van der Waals surface area contributed by atoms with Crippen molar-refractivity contribution in [3.8, 4) is 0 Å². The van der Waals surface area contributed by atoms with E-state index in [0.717, 1.165) is 35.2 Å². The van der Waals surface area contributed by atoms with Gasteiger partial charge >= 0.3 is 0 Å². The molecule has 26 heavy (non-hydrogen) atoms. The fourth-order valence-corrected chi connectivity index (χ4v) is 4.45. The van der Waals surface area contributed by atoms with E-state index < -0.39 is 10.0 Å². The molecule has 0 saturated heterocycles. The van der Waals surface area contributed by atoms with Gasteiger partial charge in [0.2, 0.25) is 15.9 Å². The quantitative estimate of drug-likeness (QED) is 0.880. The molecule has 4 rings (SSSR count). The molecule has 2 aliphatic rings. The highest BCUT2D eigenvalue weighted by Crippen LogP contribution is 2.37. The molecule has 0 bridgehead atoms. The molecule has 136 valence electrons. The first-order valence-corrected chi connectivity index (χ1v) is 10.4. The molecule has 0 aromatic heterocycles. The predicted octanol–water partition coefficient (Wildman–Crippen LogP) is 2.77. The third kappa shape index (κ3) is 3.27. The molecule has 5 nitrogen and oxygen atoms in total. The maximum Gasteiger partial charge on any atom is 0.240 e. The Morgan fingerprint density at radius 1 is 1.19 bits per heavy atom. The average Bonchev–Trinajstić information content (AvgIpc) is 3.39. The summed E-state index contributed by atoms with van der Waals surface area (Å²) in [6.07, 6.45) is 2.65. The molecule has 0 radical (unpaired) electrons. The first kappa shape index (κ1) is 17.2. The third-order valence-corrected chi connectivity index (χ3v) is 6.56. The van der Waals surface area contributed by atoms with Crippen molar-refractivity contribution in [3.05, 3.63) is 59.2 Å². The Labute approximate surface area is 154 Å². The number of hydrogen-bond acceptors (Lipinski definition) is 3. The number of amides is 1. The van der Waals surface area contributed by atoms with Crippen molar-refractivity contribution in [1.82, 2.24) is 4.72 Å². The van der Waals surface area contributed by atoms with E-state index in [9.17, 15) is 13.2 Å². The van der Waals surface area contributed by atoms with E-state index >= 15 is 0 Å². The third-order valence-electron chi connectivity index (χ3n) is 5.16. The molecule has 1 fully saturated rings. The number of sulfonamides is 1. The van der Waals surface area contributed by atoms with Crippen LogP contribution >= 0.6 is 0 Å². The van der Waals surface area contributed by atoms with Crippen LogP contribution in [0, 0.1) is 12.8 Å². The van der Waals surface area contributed by atoms with Crippen molar-refractivity contribution in [2.45, 2.75) is 37.6 Å². The van der Waals surface area contributed by atoms with Gasteiger partial charge in [-0.15, -0.1) is 0 Å². The van der Waals surface area contributed by atoms with Gasteiger partial charge in [-0.3, -0.25) is 4.79 Å². The summed E-state index contributed by atoms with van der Waals surface area (Å²) < 4.78 is 28.0. The lowest BCUT2D eigenvalue weighted by atomic mass is 10.1. The number of carbonyl (C=O) groups excluding carboxylic acids is 1. The zero-order chi connectivity index (χ0) is 18.3. The zero-order valence-electron chi connectivity index (χ0n) is 14.7. The smallest absolute Gasteiger partial charge is 0.240 e. The van der Waals surface area contributed by atoms with Crippen LogP contribution in [0.3, 0.4) is 0 Å². The van der Waals surface area contributed by atoms with Gasteiger partial charge in [-0.25, -0.2) is 13.1 Å². The molecular formula is C20H22N2O3S. The second-order valence-corrected chi connectivity index (χ2v) is 8.82. The molecule has 1 saturated carbocycles. The van der Waals surface area contributed by atoms with E-state index in [0.29, 0.717) is 13.0 Å². The minimum atomic E-state index is -3.59. The Balaban J connectivity index is 1.52. The molecule has 1 heterocycles. The zero-order valence-corrected chi connectivity index (χ0v) is 15.6. The number of aryl methyl sites for hydroxylation is 1. The van der Waals surface area contributed by atoms with Gasteiger partial charge in [0.05, 0.1) is 4.90 Å². The van der Waals surface area contributed by atoms with Gasteiger partial charge in [0.1, 0.15) is 0 Å². The van der Waals surface area contributed by atoms with Gasteiger partial charge < -0.3 is 4.90 Å². The Morgan fingerprint density at radius 2 is 1.96 bits per heavy atom. The second kappa shape index (κ2) is 6.52. The van der Waals surface area contributed by atoms with Gasteiger partial charge in [-0.1, -0.05) is 24.3 Å². The highest BCUT2D eigenvalue weighted by atomic mass is 32.2. The van der Waals surface area contributed by atoms with Crippen LogP contribution in [0.2, 0.25) is 0 Å². The number of fused-ring (bicyclic) bond motifs is 1. The lowest BCUT2D eigenvalue weighted by Crippen LogP contribution is -2.30. The normalized spacial score (nSPS) is 16.6. The van der Waals surface area contributed by atoms with Crippen molar-refractivity contribution in [2.24, 2.45) is 5.92 Å². The molecule has 2 aromatic rings. The molecule has 1 aliphatic heterocycles. The lowest BCUT2D eigenvalue weighted by Gasteiger charge is -2.17. The molecule has 1 N–H and O–H groups in total. The summed E-state index contributed by atoms with van der Waals surface area (Å²) in [5, 5.41) is 0. The Morgan fingerprint density at radius 3 is 2.69 bits per heavy atom. The van der Waals surface area contributed by atoms with Crippen LogP contribution < -0.4 is 9.62 Å². The number of carbonyl (C=O) groups is 1. The fraction of sp³-hybridized carbons (Fsp3) is 0.350. The summed E-state index contributed by atoms with van der Waals surface area (Å²) in [5.41, 5.74) is 3.80. The van der Waals surface area contributed by atoms with E-state index in [1.54, 1.807) is 18.2 Å². The first-order valence-electron chi connectivity index (χ1n) is 8.94. The molecule has 1 amide bonds. The number of anilines is 1. The summed E-state index contributed by atoms with van der Waals surface area (Å²) >= 11 is 0. The molecule has 2 aromatic carbocycles. The maximum atomic E-state index is 12.7. The van der Waals surface area contributed by atoms with E-state index in [4.69, 9.17) is 0 Å². The maximum absolute atomic E-state index is 12.7. The minimum Gasteiger partial charge on any atom is -0.312 e. The summed E-state index contributed by atoms with van der Waals surface area (Å²) in [6, 6.07) is 12.8. The van der Waals surface area contributed by atoms with Crippen LogP contribution in [0.15, 0.2) is 47.4 Å². The van der Waals surface area contributed by atoms with Crippen molar-refractivity contribution in [3.63, 3.8) is 0 Å². The van der Waals surface area contributed by atoms with Gasteiger partial charge in [0.25, 0.3) is 0 Å². The van der Waals surface area contributed by atoms with Crippen LogP contribution in [0.5, 0.6) is 0 Å². The van der Waals surface area contributed by atoms with Gasteiger partial charge in [-0.2, -0.15) is 0 Å². The highest BCUT2D eigenvalue weighted by molar-refractivity contribution is 7.89. The molecular weight excluding hydrogens is 348 g/mol. The molecule has 1 aliphatic carbocycles. The van der Waals surface area contributed by atoms with Crippen LogP contribution in [0.25, 0.3) is 0 Å². The van der Waals surface area contributed by atoms with E-state index in [2.05, 4.69) is 4.72 Å². The summed E-state index contributed by atoms with van der Waals surface area (Å²) in [5.74, 6) is 0.345. The molecule has 0 spiro atoms. The van der Waals surface area contributed by atoms with E-state index in [1.807, 2.05) is 36.1 Å². The summed E-state index contributed by atoms with van der Waals surface area (Å²) in [4.78, 5) is 14.4. The lowest BCUT2D eigenvalue weighted by molar-refractivity contribution is -0.119. The fourth-order valence-electron chi connectivity index (χ4n) is 3.39. The van der Waals surface area contributed by atoms with E-state index in [1.165, 1.54) is 0 Å². The number of hydrogen-bond donors (Lipinski definition) is 1. The standard InChI is InChI=1S/C20H22N2O3S/c1-14-4-2-3-5-17(14)13-21-26(24,25)18-8-9-19-16(12-18)10-11-22(19)20(23)15-6-7-15/h2-5,8-9,12,15,21H,6-7,10-11,13H2,1H3. The highest BCUT2D eigenvalue weighted by Gasteiger charge is 2.36. The minimum absolute atomic E-state index is 0.167. The number of rotatable bonds is 5. The molecule has 0 atom stereocenters. The van der Waals surface area contributed by atoms with Crippen molar-refractivity contribution in [1.29, 1.82) is 0 Å². The first-order chi connectivity index (χ1) is 12.5. The van der Waals surface area contributed by atoms with Gasteiger partial charge in [0, 0.05) is 24.7 Å². The Kier molecular flexibility index (Phi) is 4.32. The number of nitrogens with zero attached hydrogens (tertiary/aromatic N) is 1. The van der Waals surface area contributed by atoms with Crippen LogP contribution in [-0.4, -0.2) is 20.9 Å². The predicted molar refractivity (Wildman–Crippen MR) is 100 cm³/mol. The average molecular weight is 370 g/mol. The summed E-state index contributed by atoms with van der Waals surface area (Å²) in [6.45, 7) is 2.87. The van der Waals surface area contributed by atoms with Crippen molar-refractivity contribution in [2.75, 3.05) is 11.4 Å². The summed E-state index contributed by atoms with van der Waals surface area (Å²) in [7, 11) is -3.59. The van der Waals surface area contributed by atoms with Crippen LogP contribution in [0.1, 0.15) is 29.5 Å². The molecule has 6 heteroatoms. The topological polar surface area (TPSA) is 66.5 Å².